The average molecular weight is 458 g/mol. The molecular weight excluding hydrogens is 434 g/mol. The summed E-state index contributed by atoms with van der Waals surface area (Å²) >= 11 is 1.35. The summed E-state index contributed by atoms with van der Waals surface area (Å²) in [6.07, 6.45) is 0. The van der Waals surface area contributed by atoms with Gasteiger partial charge < -0.3 is 14.0 Å². The zero-order chi connectivity index (χ0) is 23.5. The van der Waals surface area contributed by atoms with Gasteiger partial charge in [0, 0.05) is 17.9 Å². The van der Waals surface area contributed by atoms with E-state index in [1.165, 1.54) is 31.0 Å². The third-order valence-corrected chi connectivity index (χ3v) is 5.38. The van der Waals surface area contributed by atoms with Gasteiger partial charge in [0.25, 0.3) is 5.69 Å². The minimum atomic E-state index is -0.645. The number of carbonyl (C=O) groups is 2. The first kappa shape index (κ1) is 23.3. The Bertz CT molecular complexity index is 1180. The van der Waals surface area contributed by atoms with Crippen molar-refractivity contribution in [2.45, 2.75) is 43.8 Å². The maximum atomic E-state index is 12.5. The Kier molecular flexibility index (Phi) is 6.83. The van der Waals surface area contributed by atoms with Crippen LogP contribution >= 0.6 is 11.8 Å². The molecule has 0 saturated carbocycles. The van der Waals surface area contributed by atoms with Gasteiger partial charge in [0.05, 0.1) is 28.6 Å². The summed E-state index contributed by atoms with van der Waals surface area (Å²) in [5.74, 6) is -0.407. The molecule has 3 aromatic rings. The topological polar surface area (TPSA) is 114 Å². The van der Waals surface area contributed by atoms with Crippen LogP contribution in [-0.4, -0.2) is 39.1 Å². The standard InChI is InChI=1S/C22H23N3O6S/c1-22(2,3)31-19(26)12-24-18-9-8-16(25(28)29)11-17(18)23-21(24)32-13-14-6-5-7-15(10-14)20(27)30-4/h5-11H,12-13H2,1-4H3. The average Bonchev–Trinajstić information content (AvgIpc) is 3.06. The van der Waals surface area contributed by atoms with Crippen molar-refractivity contribution in [3.05, 3.63) is 63.7 Å². The lowest BCUT2D eigenvalue weighted by atomic mass is 10.1. The SMILES string of the molecule is COC(=O)c1cccc(CSc2nc3cc([N+](=O)[O-])ccc3n2CC(=O)OC(C)(C)C)c1. The van der Waals surface area contributed by atoms with Gasteiger partial charge >= 0.3 is 11.9 Å². The fourth-order valence-electron chi connectivity index (χ4n) is 3.03. The van der Waals surface area contributed by atoms with Crippen LogP contribution in [0.4, 0.5) is 5.69 Å². The Balaban J connectivity index is 1.92. The first-order chi connectivity index (χ1) is 15.1. The minimum Gasteiger partial charge on any atom is -0.465 e. The molecule has 0 amide bonds. The molecule has 2 aromatic carbocycles. The van der Waals surface area contributed by atoms with Crippen LogP contribution in [0.3, 0.4) is 0 Å². The Morgan fingerprint density at radius 3 is 2.59 bits per heavy atom. The number of nitrogens with zero attached hydrogens (tertiary/aromatic N) is 3. The molecule has 0 atom stereocenters. The summed E-state index contributed by atoms with van der Waals surface area (Å²) in [6, 6.07) is 11.3. The molecule has 0 spiro atoms. The Morgan fingerprint density at radius 2 is 1.94 bits per heavy atom. The number of imidazole rings is 1. The zero-order valence-electron chi connectivity index (χ0n) is 18.2. The molecular formula is C22H23N3O6S. The summed E-state index contributed by atoms with van der Waals surface area (Å²) in [5, 5.41) is 11.7. The number of nitro groups is 1. The quantitative estimate of drug-likeness (QED) is 0.222. The van der Waals surface area contributed by atoms with Crippen molar-refractivity contribution in [3.63, 3.8) is 0 Å². The van der Waals surface area contributed by atoms with Gasteiger partial charge in [0.1, 0.15) is 12.1 Å². The maximum absolute atomic E-state index is 12.5. The van der Waals surface area contributed by atoms with Gasteiger partial charge in [-0.1, -0.05) is 23.9 Å². The molecule has 10 heteroatoms. The molecule has 9 nitrogen and oxygen atoms in total. The van der Waals surface area contributed by atoms with Crippen LogP contribution in [-0.2, 0) is 26.6 Å². The largest absolute Gasteiger partial charge is 0.465 e. The molecule has 0 unspecified atom stereocenters. The molecule has 0 aliphatic carbocycles. The number of benzene rings is 2. The number of thioether (sulfide) groups is 1. The van der Waals surface area contributed by atoms with E-state index < -0.39 is 22.5 Å². The van der Waals surface area contributed by atoms with E-state index in [-0.39, 0.29) is 12.2 Å². The van der Waals surface area contributed by atoms with Crippen LogP contribution in [0.15, 0.2) is 47.6 Å². The number of non-ortho nitro benzene ring substituents is 1. The number of hydrogen-bond donors (Lipinski definition) is 0. The summed E-state index contributed by atoms with van der Waals surface area (Å²) in [6.45, 7) is 5.26. The molecule has 0 fully saturated rings. The molecule has 1 aromatic heterocycles. The van der Waals surface area contributed by atoms with E-state index in [4.69, 9.17) is 9.47 Å². The van der Waals surface area contributed by atoms with E-state index in [1.54, 1.807) is 49.6 Å². The Labute approximate surface area is 188 Å². The number of nitro benzene ring substituents is 1. The molecule has 0 N–H and O–H groups in total. The second-order valence-corrected chi connectivity index (χ2v) is 8.92. The predicted molar refractivity (Wildman–Crippen MR) is 120 cm³/mol. The summed E-state index contributed by atoms with van der Waals surface area (Å²) in [7, 11) is 1.32. The molecule has 0 radical (unpaired) electrons. The Morgan fingerprint density at radius 1 is 1.19 bits per heavy atom. The first-order valence-corrected chi connectivity index (χ1v) is 10.7. The van der Waals surface area contributed by atoms with Crippen LogP contribution in [0, 0.1) is 10.1 Å². The van der Waals surface area contributed by atoms with Crippen molar-refractivity contribution in [1.82, 2.24) is 9.55 Å². The fraction of sp³-hybridized carbons (Fsp3) is 0.318. The van der Waals surface area contributed by atoms with Gasteiger partial charge in [0.15, 0.2) is 5.16 Å². The molecule has 168 valence electrons. The van der Waals surface area contributed by atoms with E-state index in [0.717, 1.165) is 5.56 Å². The highest BCUT2D eigenvalue weighted by atomic mass is 32.2. The third-order valence-electron chi connectivity index (χ3n) is 4.33. The van der Waals surface area contributed by atoms with Crippen molar-refractivity contribution in [3.8, 4) is 0 Å². The molecule has 3 rings (SSSR count). The molecule has 32 heavy (non-hydrogen) atoms. The molecule has 1 heterocycles. The third kappa shape index (κ3) is 5.64. The van der Waals surface area contributed by atoms with E-state index in [1.807, 2.05) is 6.07 Å². The van der Waals surface area contributed by atoms with Crippen molar-refractivity contribution < 1.29 is 24.0 Å². The van der Waals surface area contributed by atoms with Gasteiger partial charge in [-0.15, -0.1) is 0 Å². The lowest BCUT2D eigenvalue weighted by Gasteiger charge is -2.20. The monoisotopic (exact) mass is 457 g/mol. The van der Waals surface area contributed by atoms with Crippen LogP contribution in [0.1, 0.15) is 36.7 Å². The molecule has 0 aliphatic heterocycles. The van der Waals surface area contributed by atoms with Gasteiger partial charge in [-0.05, 0) is 44.5 Å². The summed E-state index contributed by atoms with van der Waals surface area (Å²) < 4.78 is 11.9. The van der Waals surface area contributed by atoms with Crippen molar-refractivity contribution >= 4 is 40.4 Å². The van der Waals surface area contributed by atoms with Crippen LogP contribution in [0.5, 0.6) is 0 Å². The highest BCUT2D eigenvalue weighted by molar-refractivity contribution is 7.98. The number of hydrogen-bond acceptors (Lipinski definition) is 8. The normalized spacial score (nSPS) is 11.4. The van der Waals surface area contributed by atoms with Crippen molar-refractivity contribution in [1.29, 1.82) is 0 Å². The number of rotatable bonds is 7. The smallest absolute Gasteiger partial charge is 0.337 e. The van der Waals surface area contributed by atoms with E-state index in [9.17, 15) is 19.7 Å². The van der Waals surface area contributed by atoms with E-state index in [2.05, 4.69) is 4.98 Å². The highest BCUT2D eigenvalue weighted by Gasteiger charge is 2.21. The van der Waals surface area contributed by atoms with Crippen LogP contribution < -0.4 is 0 Å². The number of methoxy groups -OCH3 is 1. The number of fused-ring (bicyclic) bond motifs is 1. The van der Waals surface area contributed by atoms with E-state index >= 15 is 0 Å². The van der Waals surface area contributed by atoms with Crippen molar-refractivity contribution in [2.24, 2.45) is 0 Å². The van der Waals surface area contributed by atoms with Crippen LogP contribution in [0.25, 0.3) is 11.0 Å². The van der Waals surface area contributed by atoms with Gasteiger partial charge in [-0.3, -0.25) is 14.9 Å². The summed E-state index contributed by atoms with van der Waals surface area (Å²) in [5.41, 5.74) is 1.57. The van der Waals surface area contributed by atoms with Gasteiger partial charge in [-0.2, -0.15) is 0 Å². The number of esters is 2. The van der Waals surface area contributed by atoms with Crippen LogP contribution in [0.2, 0.25) is 0 Å². The highest BCUT2D eigenvalue weighted by Crippen LogP contribution is 2.29. The molecule has 0 saturated heterocycles. The minimum absolute atomic E-state index is 0.0817. The first-order valence-electron chi connectivity index (χ1n) is 9.74. The second kappa shape index (κ2) is 9.39. The lowest BCUT2D eigenvalue weighted by molar-refractivity contribution is -0.384. The van der Waals surface area contributed by atoms with Gasteiger partial charge in [0.2, 0.25) is 0 Å². The number of aromatic nitrogens is 2. The van der Waals surface area contributed by atoms with Crippen molar-refractivity contribution in [2.75, 3.05) is 7.11 Å². The predicted octanol–water partition coefficient (Wildman–Crippen LogP) is 4.37. The maximum Gasteiger partial charge on any atom is 0.337 e. The number of carbonyl (C=O) groups excluding carboxylic acids is 2. The lowest BCUT2D eigenvalue weighted by Crippen LogP contribution is -2.26. The Hall–Kier alpha value is -3.40. The fourth-order valence-corrected chi connectivity index (χ4v) is 3.99. The zero-order valence-corrected chi connectivity index (χ0v) is 19.0. The molecule has 0 aliphatic rings. The van der Waals surface area contributed by atoms with Gasteiger partial charge in [-0.25, -0.2) is 9.78 Å². The molecule has 0 bridgehead atoms. The second-order valence-electron chi connectivity index (χ2n) is 7.98. The number of ether oxygens (including phenoxy) is 2. The summed E-state index contributed by atoms with van der Waals surface area (Å²) in [4.78, 5) is 39.4. The van der Waals surface area contributed by atoms with E-state index in [0.29, 0.717) is 27.5 Å².